The Morgan fingerprint density at radius 2 is 2.08 bits per heavy atom. The summed E-state index contributed by atoms with van der Waals surface area (Å²) in [5.74, 6) is 0.144. The molecule has 0 spiro atoms. The van der Waals surface area contributed by atoms with Gasteiger partial charge in [0.25, 0.3) is 5.89 Å². The second-order valence-electron chi connectivity index (χ2n) is 6.50. The van der Waals surface area contributed by atoms with Gasteiger partial charge in [0.2, 0.25) is 0 Å². The lowest BCUT2D eigenvalue weighted by Gasteiger charge is -2.49. The lowest BCUT2D eigenvalue weighted by molar-refractivity contribution is 0.0210. The fourth-order valence-electron chi connectivity index (χ4n) is 3.78. The van der Waals surface area contributed by atoms with Crippen LogP contribution in [0.2, 0.25) is 0 Å². The molecule has 0 aliphatic carbocycles. The van der Waals surface area contributed by atoms with Crippen molar-refractivity contribution in [1.82, 2.24) is 20.2 Å². The lowest BCUT2D eigenvalue weighted by Crippen LogP contribution is -2.62. The highest BCUT2D eigenvalue weighted by Gasteiger charge is 2.40. The van der Waals surface area contributed by atoms with E-state index in [1.54, 1.807) is 0 Å². The normalized spacial score (nSPS) is 28.8. The number of hydrogen-bond donors (Lipinski definition) is 1. The van der Waals surface area contributed by atoms with Gasteiger partial charge in [-0.3, -0.25) is 9.69 Å². The Kier molecular flexibility index (Phi) is 3.80. The van der Waals surface area contributed by atoms with Gasteiger partial charge >= 0.3 is 5.91 Å². The fraction of sp³-hybridized carbons (Fsp3) is 0.471. The highest BCUT2D eigenvalue weighted by Crippen LogP contribution is 2.32. The number of aromatic nitrogens is 2. The number of halogens is 1. The van der Waals surface area contributed by atoms with Gasteiger partial charge in [-0.25, -0.2) is 14.4 Å². The molecule has 2 bridgehead atoms. The SMILES string of the molecule is CC1C(NC(=O)c2ncc(-c3ccc(F)cn3)o2)C2CCN1CC2. The predicted molar refractivity (Wildman–Crippen MR) is 84.7 cm³/mol. The van der Waals surface area contributed by atoms with E-state index in [2.05, 4.69) is 27.1 Å². The van der Waals surface area contributed by atoms with Crippen molar-refractivity contribution in [2.75, 3.05) is 13.1 Å². The van der Waals surface area contributed by atoms with Gasteiger partial charge in [-0.1, -0.05) is 0 Å². The molecule has 5 rings (SSSR count). The molecule has 6 nitrogen and oxygen atoms in total. The molecule has 2 atom stereocenters. The van der Waals surface area contributed by atoms with Gasteiger partial charge in [0, 0.05) is 12.1 Å². The van der Waals surface area contributed by atoms with Crippen LogP contribution < -0.4 is 5.32 Å². The summed E-state index contributed by atoms with van der Waals surface area (Å²) in [4.78, 5) is 22.9. The number of hydrogen-bond acceptors (Lipinski definition) is 5. The minimum atomic E-state index is -0.424. The molecule has 3 aliphatic rings. The van der Waals surface area contributed by atoms with Crippen LogP contribution in [0.4, 0.5) is 4.39 Å². The maximum absolute atomic E-state index is 12.9. The third-order valence-electron chi connectivity index (χ3n) is 5.16. The van der Waals surface area contributed by atoms with Gasteiger partial charge in [0.1, 0.15) is 11.5 Å². The number of piperidine rings is 3. The zero-order chi connectivity index (χ0) is 16.7. The van der Waals surface area contributed by atoms with Crippen LogP contribution in [0.3, 0.4) is 0 Å². The van der Waals surface area contributed by atoms with E-state index in [1.165, 1.54) is 18.3 Å². The summed E-state index contributed by atoms with van der Waals surface area (Å²) < 4.78 is 18.4. The fourth-order valence-corrected chi connectivity index (χ4v) is 3.78. The van der Waals surface area contributed by atoms with Crippen LogP contribution in [0.15, 0.2) is 28.9 Å². The summed E-state index contributed by atoms with van der Waals surface area (Å²) in [5, 5.41) is 3.07. The highest BCUT2D eigenvalue weighted by atomic mass is 19.1. The number of oxazole rings is 1. The Balaban J connectivity index is 1.48. The van der Waals surface area contributed by atoms with Crippen molar-refractivity contribution in [3.8, 4) is 11.5 Å². The van der Waals surface area contributed by atoms with Crippen molar-refractivity contribution in [3.63, 3.8) is 0 Å². The van der Waals surface area contributed by atoms with Crippen molar-refractivity contribution in [1.29, 1.82) is 0 Å². The Bertz CT molecular complexity index is 735. The Morgan fingerprint density at radius 3 is 2.75 bits per heavy atom. The van der Waals surface area contributed by atoms with E-state index in [9.17, 15) is 9.18 Å². The third kappa shape index (κ3) is 2.69. The summed E-state index contributed by atoms with van der Waals surface area (Å²) in [6.07, 6.45) is 4.78. The van der Waals surface area contributed by atoms with Gasteiger partial charge in [-0.05, 0) is 50.9 Å². The molecule has 2 aromatic heterocycles. The Morgan fingerprint density at radius 1 is 1.29 bits per heavy atom. The molecule has 2 unspecified atom stereocenters. The summed E-state index contributed by atoms with van der Waals surface area (Å²) >= 11 is 0. The number of carbonyl (C=O) groups is 1. The Labute approximate surface area is 139 Å². The largest absolute Gasteiger partial charge is 0.431 e. The molecular weight excluding hydrogens is 311 g/mol. The van der Waals surface area contributed by atoms with Crippen molar-refractivity contribution < 1.29 is 13.6 Å². The molecule has 3 saturated heterocycles. The van der Waals surface area contributed by atoms with E-state index in [1.807, 2.05) is 0 Å². The van der Waals surface area contributed by atoms with Crippen LogP contribution >= 0.6 is 0 Å². The molecule has 3 aliphatic heterocycles. The topological polar surface area (TPSA) is 71.3 Å². The second-order valence-corrected chi connectivity index (χ2v) is 6.50. The van der Waals surface area contributed by atoms with E-state index < -0.39 is 5.82 Å². The molecule has 1 amide bonds. The zero-order valence-electron chi connectivity index (χ0n) is 13.4. The maximum atomic E-state index is 12.9. The lowest BCUT2D eigenvalue weighted by atomic mass is 9.79. The number of pyridine rings is 1. The third-order valence-corrected chi connectivity index (χ3v) is 5.16. The monoisotopic (exact) mass is 330 g/mol. The number of fused-ring (bicyclic) bond motifs is 3. The second kappa shape index (κ2) is 5.98. The van der Waals surface area contributed by atoms with Crippen LogP contribution in [-0.4, -0.2) is 45.9 Å². The standard InChI is InChI=1S/C17H19FN4O2/c1-10-15(11-4-6-22(10)7-5-11)21-16(23)17-20-9-14(24-17)13-3-2-12(18)8-19-13/h2-3,8-11,15H,4-7H2,1H3,(H,21,23). The van der Waals surface area contributed by atoms with Crippen molar-refractivity contribution >= 4 is 5.91 Å². The zero-order valence-corrected chi connectivity index (χ0v) is 13.4. The van der Waals surface area contributed by atoms with Gasteiger partial charge in [-0.2, -0.15) is 0 Å². The smallest absolute Gasteiger partial charge is 0.307 e. The summed E-state index contributed by atoms with van der Waals surface area (Å²) in [6, 6.07) is 3.24. The van der Waals surface area contributed by atoms with Gasteiger partial charge in [-0.15, -0.1) is 0 Å². The number of rotatable bonds is 3. The first-order valence-electron chi connectivity index (χ1n) is 8.24. The number of carbonyl (C=O) groups excluding carboxylic acids is 1. The van der Waals surface area contributed by atoms with Crippen LogP contribution in [0.25, 0.3) is 11.5 Å². The molecule has 3 fully saturated rings. The van der Waals surface area contributed by atoms with Crippen molar-refractivity contribution in [2.45, 2.75) is 31.8 Å². The Hall–Kier alpha value is -2.28. The van der Waals surface area contributed by atoms with E-state index >= 15 is 0 Å². The van der Waals surface area contributed by atoms with E-state index in [0.717, 1.165) is 32.1 Å². The quantitative estimate of drug-likeness (QED) is 0.933. The molecule has 2 aromatic rings. The molecular formula is C17H19FN4O2. The van der Waals surface area contributed by atoms with Gasteiger partial charge < -0.3 is 9.73 Å². The van der Waals surface area contributed by atoms with Crippen LogP contribution in [0, 0.1) is 11.7 Å². The van der Waals surface area contributed by atoms with E-state index in [0.29, 0.717) is 23.4 Å². The number of amides is 1. The van der Waals surface area contributed by atoms with Gasteiger partial charge in [0.15, 0.2) is 5.76 Å². The molecule has 24 heavy (non-hydrogen) atoms. The molecule has 5 heterocycles. The van der Waals surface area contributed by atoms with E-state index in [-0.39, 0.29) is 17.8 Å². The summed E-state index contributed by atoms with van der Waals surface area (Å²) in [7, 11) is 0. The van der Waals surface area contributed by atoms with E-state index in [4.69, 9.17) is 4.42 Å². The minimum Gasteiger partial charge on any atom is -0.431 e. The molecule has 0 saturated carbocycles. The van der Waals surface area contributed by atoms with Crippen molar-refractivity contribution in [3.05, 3.63) is 36.2 Å². The molecule has 0 aromatic carbocycles. The van der Waals surface area contributed by atoms with Crippen LogP contribution in [0.5, 0.6) is 0 Å². The first kappa shape index (κ1) is 15.3. The van der Waals surface area contributed by atoms with Crippen molar-refractivity contribution in [2.24, 2.45) is 5.92 Å². The summed E-state index contributed by atoms with van der Waals surface area (Å²) in [5.41, 5.74) is 0.444. The van der Waals surface area contributed by atoms with Crippen LogP contribution in [-0.2, 0) is 0 Å². The maximum Gasteiger partial charge on any atom is 0.307 e. The molecule has 126 valence electrons. The number of nitrogens with zero attached hydrogens (tertiary/aromatic N) is 3. The van der Waals surface area contributed by atoms with Crippen LogP contribution in [0.1, 0.15) is 30.5 Å². The number of nitrogens with one attached hydrogen (secondary N) is 1. The minimum absolute atomic E-state index is 0.0137. The predicted octanol–water partition coefficient (Wildman–Crippen LogP) is 2.09. The van der Waals surface area contributed by atoms with Gasteiger partial charge in [0.05, 0.1) is 12.4 Å². The molecule has 0 radical (unpaired) electrons. The first-order chi connectivity index (χ1) is 11.6. The average Bonchev–Trinajstić information content (AvgIpc) is 3.09. The average molecular weight is 330 g/mol. The summed E-state index contributed by atoms with van der Waals surface area (Å²) in [6.45, 7) is 4.37. The molecule has 1 N–H and O–H groups in total. The molecule has 7 heteroatoms. The first-order valence-corrected chi connectivity index (χ1v) is 8.24. The highest BCUT2D eigenvalue weighted by molar-refractivity contribution is 5.90.